The molecular formula is C14H12N2O4. The molecule has 0 fully saturated rings. The van der Waals surface area contributed by atoms with Gasteiger partial charge < -0.3 is 14.9 Å². The lowest BCUT2D eigenvalue weighted by Gasteiger charge is -2.05. The van der Waals surface area contributed by atoms with Gasteiger partial charge in [0.15, 0.2) is 12.4 Å². The van der Waals surface area contributed by atoms with Crippen molar-refractivity contribution in [1.29, 1.82) is 0 Å². The van der Waals surface area contributed by atoms with E-state index in [0.29, 0.717) is 5.56 Å². The number of carbonyl (C=O) groups is 1. The van der Waals surface area contributed by atoms with Crippen LogP contribution in [0.5, 0.6) is 5.75 Å². The van der Waals surface area contributed by atoms with Gasteiger partial charge in [-0.3, -0.25) is 4.79 Å². The molecule has 0 amide bonds. The Morgan fingerprint density at radius 2 is 2.00 bits per heavy atom. The van der Waals surface area contributed by atoms with Gasteiger partial charge in [-0.1, -0.05) is 29.8 Å². The third-order valence-corrected chi connectivity index (χ3v) is 2.66. The molecule has 102 valence electrons. The fourth-order valence-corrected chi connectivity index (χ4v) is 1.60. The molecule has 0 saturated carbocycles. The molecule has 6 heteroatoms. The molecule has 2 rings (SSSR count). The van der Waals surface area contributed by atoms with Crippen molar-refractivity contribution in [3.05, 3.63) is 63.8 Å². The molecule has 1 aromatic carbocycles. The lowest BCUT2D eigenvalue weighted by atomic mass is 10.1. The smallest absolute Gasteiger partial charge is 0.406 e. The SMILES string of the molecule is Cc1ccc(C(=O)COc2cccnc2[N+](=O)[O-])cc1. The first-order valence-corrected chi connectivity index (χ1v) is 5.90. The normalized spacial score (nSPS) is 10.1. The Balaban J connectivity index is 2.07. The number of ether oxygens (including phenoxy) is 1. The van der Waals surface area contributed by atoms with Crippen molar-refractivity contribution in [2.45, 2.75) is 6.92 Å². The van der Waals surface area contributed by atoms with Crippen molar-refractivity contribution in [3.8, 4) is 5.75 Å². The fourth-order valence-electron chi connectivity index (χ4n) is 1.60. The van der Waals surface area contributed by atoms with Gasteiger partial charge in [0.25, 0.3) is 0 Å². The molecule has 1 heterocycles. The number of pyridine rings is 1. The predicted octanol–water partition coefficient (Wildman–Crippen LogP) is 2.56. The molecule has 0 unspecified atom stereocenters. The number of Topliss-reactive ketones (excluding diaryl/α,β-unsaturated/α-hetero) is 1. The van der Waals surface area contributed by atoms with Crippen LogP contribution in [0, 0.1) is 17.0 Å². The van der Waals surface area contributed by atoms with Crippen molar-refractivity contribution in [2.75, 3.05) is 6.61 Å². The van der Waals surface area contributed by atoms with Crippen molar-refractivity contribution >= 4 is 11.6 Å². The molecule has 0 bridgehead atoms. The number of carbonyl (C=O) groups excluding carboxylic acids is 1. The Bertz CT molecular complexity index is 638. The standard InChI is InChI=1S/C14H12N2O4/c1-10-4-6-11(7-5-10)12(17)9-20-13-3-2-8-15-14(13)16(18)19/h2-8H,9H2,1H3. The van der Waals surface area contributed by atoms with Gasteiger partial charge in [-0.15, -0.1) is 0 Å². The zero-order valence-electron chi connectivity index (χ0n) is 10.8. The highest BCUT2D eigenvalue weighted by Gasteiger charge is 2.17. The number of aromatic nitrogens is 1. The first kappa shape index (κ1) is 13.7. The minimum atomic E-state index is -0.647. The Labute approximate surface area is 115 Å². The van der Waals surface area contributed by atoms with E-state index in [0.717, 1.165) is 5.56 Å². The fraction of sp³-hybridized carbons (Fsp3) is 0.143. The number of benzene rings is 1. The second kappa shape index (κ2) is 5.92. The number of aryl methyl sites for hydroxylation is 1. The number of hydrogen-bond acceptors (Lipinski definition) is 5. The molecular weight excluding hydrogens is 260 g/mol. The average molecular weight is 272 g/mol. The molecule has 0 saturated heterocycles. The Morgan fingerprint density at radius 1 is 1.30 bits per heavy atom. The molecule has 0 atom stereocenters. The van der Waals surface area contributed by atoms with Crippen molar-refractivity contribution in [1.82, 2.24) is 4.98 Å². The van der Waals surface area contributed by atoms with Crippen molar-refractivity contribution in [3.63, 3.8) is 0 Å². The Morgan fingerprint density at radius 3 is 2.65 bits per heavy atom. The molecule has 6 nitrogen and oxygen atoms in total. The van der Waals surface area contributed by atoms with E-state index in [1.807, 2.05) is 19.1 Å². The third-order valence-electron chi connectivity index (χ3n) is 2.66. The van der Waals surface area contributed by atoms with Gasteiger partial charge in [-0.05, 0) is 29.0 Å². The summed E-state index contributed by atoms with van der Waals surface area (Å²) in [7, 11) is 0. The van der Waals surface area contributed by atoms with Gasteiger partial charge in [0.05, 0.1) is 0 Å². The van der Waals surface area contributed by atoms with Crippen LogP contribution in [-0.2, 0) is 0 Å². The zero-order valence-corrected chi connectivity index (χ0v) is 10.8. The lowest BCUT2D eigenvalue weighted by molar-refractivity contribution is -0.390. The number of ketones is 1. The second-order valence-electron chi connectivity index (χ2n) is 4.16. The minimum Gasteiger partial charge on any atom is -0.477 e. The summed E-state index contributed by atoms with van der Waals surface area (Å²) in [6.07, 6.45) is 1.30. The van der Waals surface area contributed by atoms with Crippen LogP contribution in [0.15, 0.2) is 42.6 Å². The van der Waals surface area contributed by atoms with Crippen molar-refractivity contribution < 1.29 is 14.5 Å². The lowest BCUT2D eigenvalue weighted by Crippen LogP contribution is -2.12. The molecule has 0 aliphatic rings. The molecule has 0 radical (unpaired) electrons. The van der Waals surface area contributed by atoms with Crippen molar-refractivity contribution in [2.24, 2.45) is 0 Å². The molecule has 1 aromatic heterocycles. The van der Waals surface area contributed by atoms with Crippen LogP contribution in [0.1, 0.15) is 15.9 Å². The molecule has 20 heavy (non-hydrogen) atoms. The second-order valence-corrected chi connectivity index (χ2v) is 4.16. The van der Waals surface area contributed by atoms with E-state index < -0.39 is 10.7 Å². The quantitative estimate of drug-likeness (QED) is 0.474. The molecule has 2 aromatic rings. The highest BCUT2D eigenvalue weighted by atomic mass is 16.6. The number of nitrogens with zero attached hydrogens (tertiary/aromatic N) is 2. The maximum absolute atomic E-state index is 11.9. The van der Waals surface area contributed by atoms with Crippen LogP contribution in [0.25, 0.3) is 0 Å². The van der Waals surface area contributed by atoms with Gasteiger partial charge in [0.2, 0.25) is 5.75 Å². The van der Waals surface area contributed by atoms with Crippen LogP contribution in [-0.4, -0.2) is 22.3 Å². The van der Waals surface area contributed by atoms with E-state index in [1.165, 1.54) is 18.3 Å². The topological polar surface area (TPSA) is 82.3 Å². The predicted molar refractivity (Wildman–Crippen MR) is 71.9 cm³/mol. The summed E-state index contributed by atoms with van der Waals surface area (Å²) >= 11 is 0. The molecule has 0 aliphatic carbocycles. The van der Waals surface area contributed by atoms with E-state index in [9.17, 15) is 14.9 Å². The molecule has 0 spiro atoms. The van der Waals surface area contributed by atoms with E-state index in [4.69, 9.17) is 4.74 Å². The van der Waals surface area contributed by atoms with Crippen LogP contribution >= 0.6 is 0 Å². The van der Waals surface area contributed by atoms with E-state index in [2.05, 4.69) is 4.98 Å². The maximum atomic E-state index is 11.9. The summed E-state index contributed by atoms with van der Waals surface area (Å²) in [6, 6.07) is 9.95. The van der Waals surface area contributed by atoms with Crippen LogP contribution < -0.4 is 4.74 Å². The van der Waals surface area contributed by atoms with Gasteiger partial charge in [0.1, 0.15) is 6.20 Å². The summed E-state index contributed by atoms with van der Waals surface area (Å²) in [5.74, 6) is -0.662. The average Bonchev–Trinajstić information content (AvgIpc) is 2.45. The minimum absolute atomic E-state index is 0.0158. The monoisotopic (exact) mass is 272 g/mol. The largest absolute Gasteiger partial charge is 0.477 e. The van der Waals surface area contributed by atoms with Gasteiger partial charge in [-0.2, -0.15) is 0 Å². The number of rotatable bonds is 5. The number of nitro groups is 1. The molecule has 0 N–H and O–H groups in total. The van der Waals surface area contributed by atoms with Gasteiger partial charge in [0, 0.05) is 5.56 Å². The summed E-state index contributed by atoms with van der Waals surface area (Å²) in [5, 5.41) is 10.8. The van der Waals surface area contributed by atoms with E-state index in [1.54, 1.807) is 12.1 Å². The maximum Gasteiger partial charge on any atom is 0.406 e. The number of hydrogen-bond donors (Lipinski definition) is 0. The van der Waals surface area contributed by atoms with Crippen LogP contribution in [0.2, 0.25) is 0 Å². The van der Waals surface area contributed by atoms with Crippen LogP contribution in [0.3, 0.4) is 0 Å². The third kappa shape index (κ3) is 3.17. The Kier molecular flexibility index (Phi) is 4.05. The van der Waals surface area contributed by atoms with Gasteiger partial charge >= 0.3 is 5.82 Å². The Hall–Kier alpha value is -2.76. The first-order chi connectivity index (χ1) is 9.58. The summed E-state index contributed by atoms with van der Waals surface area (Å²) in [6.45, 7) is 1.65. The van der Waals surface area contributed by atoms with E-state index >= 15 is 0 Å². The van der Waals surface area contributed by atoms with E-state index in [-0.39, 0.29) is 18.1 Å². The highest BCUT2D eigenvalue weighted by molar-refractivity contribution is 5.97. The summed E-state index contributed by atoms with van der Waals surface area (Å²) in [4.78, 5) is 25.6. The first-order valence-electron chi connectivity index (χ1n) is 5.90. The molecule has 0 aliphatic heterocycles. The van der Waals surface area contributed by atoms with Gasteiger partial charge in [-0.25, -0.2) is 0 Å². The zero-order chi connectivity index (χ0) is 14.5. The van der Waals surface area contributed by atoms with Crippen LogP contribution in [0.4, 0.5) is 5.82 Å². The highest BCUT2D eigenvalue weighted by Crippen LogP contribution is 2.22. The summed E-state index contributed by atoms with van der Waals surface area (Å²) in [5.41, 5.74) is 1.55. The summed E-state index contributed by atoms with van der Waals surface area (Å²) < 4.78 is 5.19.